The molecule has 0 aromatic carbocycles. The van der Waals surface area contributed by atoms with Crippen LogP contribution in [0.1, 0.15) is 25.0 Å². The molecule has 3 aromatic rings. The van der Waals surface area contributed by atoms with Gasteiger partial charge in [-0.15, -0.1) is 10.2 Å². The van der Waals surface area contributed by atoms with Crippen LogP contribution in [0.5, 0.6) is 5.88 Å². The molecule has 0 aliphatic carbocycles. The van der Waals surface area contributed by atoms with Crippen molar-refractivity contribution in [1.29, 1.82) is 0 Å². The Bertz CT molecular complexity index is 1230. The van der Waals surface area contributed by atoms with Crippen molar-refractivity contribution < 1.29 is 22.7 Å². The van der Waals surface area contributed by atoms with Crippen molar-refractivity contribution in [2.45, 2.75) is 32.6 Å². The Morgan fingerprint density at radius 3 is 2.71 bits per heavy atom. The summed E-state index contributed by atoms with van der Waals surface area (Å²) in [6.45, 7) is 3.61. The summed E-state index contributed by atoms with van der Waals surface area (Å²) < 4.78 is 45.6. The number of methoxy groups -OCH3 is 1. The number of anilines is 1. The average molecular weight is 475 g/mol. The predicted octanol–water partition coefficient (Wildman–Crippen LogP) is 2.75. The zero-order chi connectivity index (χ0) is 24.0. The van der Waals surface area contributed by atoms with Crippen molar-refractivity contribution in [2.75, 3.05) is 31.6 Å². The highest BCUT2D eigenvalue weighted by Gasteiger charge is 2.41. The van der Waals surface area contributed by atoms with Crippen LogP contribution in [0, 0.1) is 11.8 Å². The molecule has 2 aliphatic heterocycles. The second kappa shape index (κ2) is 8.41. The Labute approximate surface area is 193 Å². The smallest absolute Gasteiger partial charge is 0.451 e. The van der Waals surface area contributed by atoms with E-state index in [1.54, 1.807) is 24.3 Å². The van der Waals surface area contributed by atoms with E-state index in [9.17, 15) is 18.0 Å². The number of aromatic nitrogens is 5. The molecule has 0 radical (unpaired) electrons. The number of nitrogens with zero attached hydrogens (tertiary/aromatic N) is 7. The van der Waals surface area contributed by atoms with Gasteiger partial charge in [-0.3, -0.25) is 9.78 Å². The van der Waals surface area contributed by atoms with Crippen LogP contribution in [0.2, 0.25) is 0 Å². The fourth-order valence-corrected chi connectivity index (χ4v) is 4.88. The first kappa shape index (κ1) is 22.4. The summed E-state index contributed by atoms with van der Waals surface area (Å²) in [5.41, 5.74) is 2.45. The van der Waals surface area contributed by atoms with Gasteiger partial charge in [-0.25, -0.2) is 4.98 Å². The molecule has 34 heavy (non-hydrogen) atoms. The highest BCUT2D eigenvalue weighted by atomic mass is 19.4. The van der Waals surface area contributed by atoms with Crippen molar-refractivity contribution in [3.8, 4) is 5.88 Å². The maximum atomic E-state index is 13.3. The van der Waals surface area contributed by atoms with Gasteiger partial charge < -0.3 is 19.1 Å². The van der Waals surface area contributed by atoms with Crippen LogP contribution >= 0.6 is 0 Å². The van der Waals surface area contributed by atoms with Crippen LogP contribution in [0.15, 0.2) is 24.4 Å². The largest absolute Gasteiger partial charge is 0.481 e. The molecule has 180 valence electrons. The van der Waals surface area contributed by atoms with Crippen molar-refractivity contribution in [1.82, 2.24) is 29.6 Å². The number of alkyl halides is 3. The number of amides is 1. The van der Waals surface area contributed by atoms with Crippen molar-refractivity contribution in [2.24, 2.45) is 11.8 Å². The molecule has 0 N–H and O–H groups in total. The Hall–Kier alpha value is -3.44. The molecule has 3 aromatic heterocycles. The molecular weight excluding hydrogens is 451 g/mol. The first-order valence-corrected chi connectivity index (χ1v) is 11.1. The zero-order valence-corrected chi connectivity index (χ0v) is 18.8. The minimum absolute atomic E-state index is 0.0344. The van der Waals surface area contributed by atoms with Gasteiger partial charge in [0.1, 0.15) is 5.52 Å². The molecule has 0 bridgehead atoms. The molecule has 0 saturated carbocycles. The minimum atomic E-state index is -4.56. The monoisotopic (exact) mass is 475 g/mol. The number of rotatable bonds is 3. The van der Waals surface area contributed by atoms with E-state index in [2.05, 4.69) is 25.1 Å². The van der Waals surface area contributed by atoms with E-state index in [-0.39, 0.29) is 43.2 Å². The van der Waals surface area contributed by atoms with Crippen molar-refractivity contribution >= 4 is 22.6 Å². The third-order valence-electron chi connectivity index (χ3n) is 6.63. The van der Waals surface area contributed by atoms with E-state index in [4.69, 9.17) is 4.74 Å². The second-order valence-corrected chi connectivity index (χ2v) is 8.72. The molecule has 1 fully saturated rings. The maximum Gasteiger partial charge on any atom is 0.451 e. The van der Waals surface area contributed by atoms with Gasteiger partial charge in [-0.2, -0.15) is 13.2 Å². The topological polar surface area (TPSA) is 89.3 Å². The number of hydrogen-bond acceptors (Lipinski definition) is 7. The lowest BCUT2D eigenvalue weighted by Crippen LogP contribution is -2.49. The zero-order valence-electron chi connectivity index (χ0n) is 18.8. The summed E-state index contributed by atoms with van der Waals surface area (Å²) in [6, 6.07) is 5.55. The number of ether oxygens (including phenoxy) is 1. The first-order valence-electron chi connectivity index (χ1n) is 11.1. The van der Waals surface area contributed by atoms with Gasteiger partial charge >= 0.3 is 6.18 Å². The Morgan fingerprint density at radius 2 is 1.97 bits per heavy atom. The summed E-state index contributed by atoms with van der Waals surface area (Å²) in [5, 5.41) is 6.98. The highest BCUT2D eigenvalue weighted by molar-refractivity contribution is 5.88. The molecule has 9 nitrogen and oxygen atoms in total. The van der Waals surface area contributed by atoms with Crippen LogP contribution in [0.4, 0.5) is 18.9 Å². The summed E-state index contributed by atoms with van der Waals surface area (Å²) in [4.78, 5) is 26.1. The number of piperidine rings is 1. The molecule has 0 spiro atoms. The third kappa shape index (κ3) is 3.90. The van der Waals surface area contributed by atoms with Gasteiger partial charge in [0.05, 0.1) is 24.9 Å². The summed E-state index contributed by atoms with van der Waals surface area (Å²) >= 11 is 0. The Morgan fingerprint density at radius 1 is 1.15 bits per heavy atom. The number of fused-ring (bicyclic) bond motifs is 2. The standard InChI is InChI=1S/C22H24F3N7O2/c1-13-11-30(16-5-7-26-15-3-4-18(34-2)27-19(15)16)8-6-14(13)20(33)31-9-10-32-17(12-31)28-29-21(32)22(23,24)25/h3-5,7,13-14H,6,8-12H2,1-2H3/t13-,14+/m1/s1. The summed E-state index contributed by atoms with van der Waals surface area (Å²) in [5.74, 6) is -0.559. The molecule has 5 rings (SSSR count). The molecular formula is C22H24F3N7O2. The van der Waals surface area contributed by atoms with Crippen molar-refractivity contribution in [3.63, 3.8) is 0 Å². The van der Waals surface area contributed by atoms with Crippen LogP contribution in [-0.4, -0.2) is 62.3 Å². The first-order chi connectivity index (χ1) is 16.3. The van der Waals surface area contributed by atoms with Gasteiger partial charge in [-0.1, -0.05) is 6.92 Å². The third-order valence-corrected chi connectivity index (χ3v) is 6.63. The Balaban J connectivity index is 1.30. The number of carbonyl (C=O) groups is 1. The van der Waals surface area contributed by atoms with E-state index in [1.165, 1.54) is 0 Å². The molecule has 2 aliphatic rings. The van der Waals surface area contributed by atoms with Gasteiger partial charge in [0, 0.05) is 44.4 Å². The lowest BCUT2D eigenvalue weighted by molar-refractivity contribution is -0.148. The molecule has 5 heterocycles. The number of pyridine rings is 2. The molecule has 0 unspecified atom stereocenters. The number of carbonyl (C=O) groups excluding carboxylic acids is 1. The van der Waals surface area contributed by atoms with E-state index in [1.807, 2.05) is 19.1 Å². The number of halogens is 3. The lowest BCUT2D eigenvalue weighted by Gasteiger charge is -2.40. The average Bonchev–Trinajstić information content (AvgIpc) is 3.27. The minimum Gasteiger partial charge on any atom is -0.481 e. The van der Waals surface area contributed by atoms with E-state index in [0.717, 1.165) is 21.3 Å². The summed E-state index contributed by atoms with van der Waals surface area (Å²) in [6.07, 6.45) is -2.19. The van der Waals surface area contributed by atoms with Gasteiger partial charge in [-0.05, 0) is 24.5 Å². The van der Waals surface area contributed by atoms with Crippen LogP contribution in [0.3, 0.4) is 0 Å². The molecule has 1 saturated heterocycles. The van der Waals surface area contributed by atoms with Crippen molar-refractivity contribution in [3.05, 3.63) is 36.0 Å². The van der Waals surface area contributed by atoms with Crippen LogP contribution < -0.4 is 9.64 Å². The van der Waals surface area contributed by atoms with Gasteiger partial charge in [0.2, 0.25) is 17.6 Å². The highest BCUT2D eigenvalue weighted by Crippen LogP contribution is 2.34. The maximum absolute atomic E-state index is 13.3. The predicted molar refractivity (Wildman–Crippen MR) is 116 cm³/mol. The van der Waals surface area contributed by atoms with E-state index in [0.29, 0.717) is 25.4 Å². The normalized spacial score (nSPS) is 21.0. The van der Waals surface area contributed by atoms with E-state index >= 15 is 0 Å². The van der Waals surface area contributed by atoms with E-state index < -0.39 is 12.0 Å². The molecule has 12 heteroatoms. The fraction of sp³-hybridized carbons (Fsp3) is 0.500. The Kier molecular flexibility index (Phi) is 5.53. The summed E-state index contributed by atoms with van der Waals surface area (Å²) in [7, 11) is 1.57. The molecule has 2 atom stereocenters. The van der Waals surface area contributed by atoms with Crippen LogP contribution in [-0.2, 0) is 24.1 Å². The second-order valence-electron chi connectivity index (χ2n) is 8.72. The van der Waals surface area contributed by atoms with Gasteiger partial charge in [0.15, 0.2) is 5.82 Å². The van der Waals surface area contributed by atoms with Crippen LogP contribution in [0.25, 0.3) is 11.0 Å². The lowest BCUT2D eigenvalue weighted by atomic mass is 9.85. The van der Waals surface area contributed by atoms with Gasteiger partial charge in [0.25, 0.3) is 0 Å². The quantitative estimate of drug-likeness (QED) is 0.576. The fourth-order valence-electron chi connectivity index (χ4n) is 4.88. The SMILES string of the molecule is COc1ccc2nccc(N3CC[C@H](C(=O)N4CCn5c(nnc5C(F)(F)F)C4)[C@H](C)C3)c2n1. The molecule has 1 amide bonds. The number of hydrogen-bond donors (Lipinski definition) is 0.